The van der Waals surface area contributed by atoms with E-state index in [9.17, 15) is 9.59 Å². The molecule has 116 valence electrons. The smallest absolute Gasteiger partial charge is 0.287 e. The van der Waals surface area contributed by atoms with E-state index in [1.165, 1.54) is 6.20 Å². The SMILES string of the molecule is CN1CCN(CCn2cc(C(=O)NN)nn2)C(C)(C)C1=O. The van der Waals surface area contributed by atoms with Crippen molar-refractivity contribution in [1.29, 1.82) is 0 Å². The highest BCUT2D eigenvalue weighted by atomic mass is 16.2. The number of rotatable bonds is 4. The third-order valence-electron chi connectivity index (χ3n) is 3.87. The van der Waals surface area contributed by atoms with Gasteiger partial charge in [0.25, 0.3) is 5.91 Å². The number of aromatic nitrogens is 3. The average Bonchev–Trinajstić information content (AvgIpc) is 2.92. The Labute approximate surface area is 123 Å². The third-order valence-corrected chi connectivity index (χ3v) is 3.87. The third kappa shape index (κ3) is 3.03. The van der Waals surface area contributed by atoms with Gasteiger partial charge in [0.1, 0.15) is 0 Å². The number of nitrogen functional groups attached to an aromatic ring is 1. The van der Waals surface area contributed by atoms with Crippen molar-refractivity contribution >= 4 is 11.8 Å². The number of carbonyl (C=O) groups excluding carboxylic acids is 2. The Morgan fingerprint density at radius 1 is 1.43 bits per heavy atom. The fourth-order valence-corrected chi connectivity index (χ4v) is 2.45. The predicted octanol–water partition coefficient (Wildman–Crippen LogP) is -1.57. The van der Waals surface area contributed by atoms with Crippen LogP contribution in [0.25, 0.3) is 0 Å². The quantitative estimate of drug-likeness (QED) is 0.395. The second kappa shape index (κ2) is 5.78. The molecule has 0 saturated carbocycles. The van der Waals surface area contributed by atoms with E-state index < -0.39 is 11.4 Å². The van der Waals surface area contributed by atoms with Crippen molar-refractivity contribution in [3.05, 3.63) is 11.9 Å². The van der Waals surface area contributed by atoms with Gasteiger partial charge in [-0.25, -0.2) is 5.84 Å². The molecule has 1 saturated heterocycles. The molecule has 1 aromatic heterocycles. The van der Waals surface area contributed by atoms with Crippen LogP contribution in [0.2, 0.25) is 0 Å². The molecule has 1 fully saturated rings. The number of carbonyl (C=O) groups is 2. The van der Waals surface area contributed by atoms with Crippen LogP contribution in [0.15, 0.2) is 6.20 Å². The molecule has 1 aromatic rings. The molecule has 9 nitrogen and oxygen atoms in total. The monoisotopic (exact) mass is 295 g/mol. The van der Waals surface area contributed by atoms with Gasteiger partial charge >= 0.3 is 0 Å². The maximum atomic E-state index is 12.2. The molecular weight excluding hydrogens is 274 g/mol. The Morgan fingerprint density at radius 3 is 2.81 bits per heavy atom. The van der Waals surface area contributed by atoms with Gasteiger partial charge in [-0.05, 0) is 13.8 Å². The number of amides is 2. The van der Waals surface area contributed by atoms with Crippen LogP contribution < -0.4 is 11.3 Å². The highest BCUT2D eigenvalue weighted by Crippen LogP contribution is 2.21. The van der Waals surface area contributed by atoms with Gasteiger partial charge in [-0.2, -0.15) is 0 Å². The van der Waals surface area contributed by atoms with Crippen LogP contribution in [0.5, 0.6) is 0 Å². The second-order valence-electron chi connectivity index (χ2n) is 5.61. The van der Waals surface area contributed by atoms with E-state index in [1.54, 1.807) is 9.58 Å². The largest absolute Gasteiger partial charge is 0.343 e. The van der Waals surface area contributed by atoms with Crippen molar-refractivity contribution in [2.45, 2.75) is 25.9 Å². The van der Waals surface area contributed by atoms with Gasteiger partial charge in [0.2, 0.25) is 5.91 Å². The first-order valence-corrected chi connectivity index (χ1v) is 6.78. The standard InChI is InChI=1S/C12H21N7O2/c1-12(2)11(21)17(3)4-5-18(12)6-7-19-8-9(15-16-19)10(20)14-13/h8H,4-7,13H2,1-3H3,(H,14,20). The van der Waals surface area contributed by atoms with Gasteiger partial charge in [0.05, 0.1) is 18.3 Å². The number of likely N-dealkylation sites (N-methyl/N-ethyl adjacent to an activating group) is 1. The number of hydrazine groups is 1. The lowest BCUT2D eigenvalue weighted by atomic mass is 9.98. The van der Waals surface area contributed by atoms with E-state index >= 15 is 0 Å². The summed E-state index contributed by atoms with van der Waals surface area (Å²) < 4.78 is 1.57. The molecule has 0 bridgehead atoms. The highest BCUT2D eigenvalue weighted by Gasteiger charge is 2.39. The first-order valence-electron chi connectivity index (χ1n) is 6.78. The van der Waals surface area contributed by atoms with Crippen LogP contribution in [0, 0.1) is 0 Å². The van der Waals surface area contributed by atoms with E-state index in [1.807, 2.05) is 26.3 Å². The van der Waals surface area contributed by atoms with Crippen molar-refractivity contribution < 1.29 is 9.59 Å². The minimum atomic E-state index is -0.537. The normalized spacial score (nSPS) is 18.9. The zero-order valence-electron chi connectivity index (χ0n) is 12.5. The van der Waals surface area contributed by atoms with Crippen LogP contribution >= 0.6 is 0 Å². The molecule has 0 radical (unpaired) electrons. The lowest BCUT2D eigenvalue weighted by Gasteiger charge is -2.44. The summed E-state index contributed by atoms with van der Waals surface area (Å²) in [4.78, 5) is 27.3. The Kier molecular flexibility index (Phi) is 4.24. The summed E-state index contributed by atoms with van der Waals surface area (Å²) in [5.41, 5.74) is 1.64. The summed E-state index contributed by atoms with van der Waals surface area (Å²) in [5.74, 6) is 4.67. The molecule has 1 aliphatic rings. The topological polar surface area (TPSA) is 109 Å². The van der Waals surface area contributed by atoms with E-state index in [0.717, 1.165) is 6.54 Å². The molecule has 0 unspecified atom stereocenters. The lowest BCUT2D eigenvalue weighted by Crippen LogP contribution is -2.62. The number of nitrogens with zero attached hydrogens (tertiary/aromatic N) is 5. The van der Waals surface area contributed by atoms with Crippen LogP contribution in [0.4, 0.5) is 0 Å². The second-order valence-corrected chi connectivity index (χ2v) is 5.61. The van der Waals surface area contributed by atoms with Crippen LogP contribution in [-0.4, -0.2) is 68.8 Å². The molecular formula is C12H21N7O2. The van der Waals surface area contributed by atoms with E-state index in [-0.39, 0.29) is 11.6 Å². The molecule has 2 rings (SSSR count). The van der Waals surface area contributed by atoms with Gasteiger partial charge in [-0.3, -0.25) is 24.6 Å². The molecule has 3 N–H and O–H groups in total. The van der Waals surface area contributed by atoms with E-state index in [0.29, 0.717) is 19.6 Å². The van der Waals surface area contributed by atoms with Crippen molar-refractivity contribution in [3.8, 4) is 0 Å². The predicted molar refractivity (Wildman–Crippen MR) is 75.0 cm³/mol. The Hall–Kier alpha value is -2.00. The fourth-order valence-electron chi connectivity index (χ4n) is 2.45. The zero-order chi connectivity index (χ0) is 15.6. The highest BCUT2D eigenvalue weighted by molar-refractivity contribution is 5.91. The minimum Gasteiger partial charge on any atom is -0.343 e. The first-order chi connectivity index (χ1) is 9.86. The van der Waals surface area contributed by atoms with Crippen molar-refractivity contribution in [3.63, 3.8) is 0 Å². The summed E-state index contributed by atoms with van der Waals surface area (Å²) in [6, 6.07) is 0. The van der Waals surface area contributed by atoms with Gasteiger partial charge in [0.15, 0.2) is 5.69 Å². The molecule has 0 spiro atoms. The Balaban J connectivity index is 1.98. The van der Waals surface area contributed by atoms with Gasteiger partial charge < -0.3 is 4.90 Å². The summed E-state index contributed by atoms with van der Waals surface area (Å²) in [7, 11) is 1.82. The number of piperazine rings is 1. The van der Waals surface area contributed by atoms with Crippen LogP contribution in [0.1, 0.15) is 24.3 Å². The molecule has 2 heterocycles. The number of nitrogens with two attached hydrogens (primary N) is 1. The maximum absolute atomic E-state index is 12.2. The van der Waals surface area contributed by atoms with Crippen molar-refractivity contribution in [2.24, 2.45) is 5.84 Å². The zero-order valence-corrected chi connectivity index (χ0v) is 12.5. The minimum absolute atomic E-state index is 0.107. The molecule has 0 aliphatic carbocycles. The molecule has 2 amide bonds. The number of hydrogen-bond donors (Lipinski definition) is 2. The van der Waals surface area contributed by atoms with Crippen LogP contribution in [-0.2, 0) is 11.3 Å². The number of hydrogen-bond acceptors (Lipinski definition) is 6. The first kappa shape index (κ1) is 15.4. The van der Waals surface area contributed by atoms with Gasteiger partial charge in [-0.15, -0.1) is 5.10 Å². The summed E-state index contributed by atoms with van der Waals surface area (Å²) in [6.07, 6.45) is 1.53. The summed E-state index contributed by atoms with van der Waals surface area (Å²) >= 11 is 0. The summed E-state index contributed by atoms with van der Waals surface area (Å²) in [6.45, 7) is 6.55. The molecule has 9 heteroatoms. The van der Waals surface area contributed by atoms with Gasteiger partial charge in [-0.1, -0.05) is 5.21 Å². The van der Waals surface area contributed by atoms with Crippen molar-refractivity contribution in [1.82, 2.24) is 30.2 Å². The molecule has 0 aromatic carbocycles. The van der Waals surface area contributed by atoms with E-state index in [4.69, 9.17) is 5.84 Å². The maximum Gasteiger partial charge on any atom is 0.287 e. The van der Waals surface area contributed by atoms with Crippen LogP contribution in [0.3, 0.4) is 0 Å². The van der Waals surface area contributed by atoms with Crippen molar-refractivity contribution in [2.75, 3.05) is 26.7 Å². The summed E-state index contributed by atoms with van der Waals surface area (Å²) in [5, 5.41) is 7.62. The number of nitrogens with one attached hydrogen (secondary N) is 1. The van der Waals surface area contributed by atoms with E-state index in [2.05, 4.69) is 15.2 Å². The molecule has 21 heavy (non-hydrogen) atoms. The Morgan fingerprint density at radius 2 is 2.14 bits per heavy atom. The van der Waals surface area contributed by atoms with Gasteiger partial charge in [0, 0.05) is 26.7 Å². The lowest BCUT2D eigenvalue weighted by molar-refractivity contribution is -0.147. The molecule has 1 aliphatic heterocycles. The fraction of sp³-hybridized carbons (Fsp3) is 0.667. The molecule has 0 atom stereocenters. The average molecular weight is 295 g/mol. The Bertz CT molecular complexity index is 539.